The number of nitrogens with one attached hydrogen (secondary N) is 1. The van der Waals surface area contributed by atoms with Gasteiger partial charge in [-0.1, -0.05) is 6.92 Å². The van der Waals surface area contributed by atoms with Crippen LogP contribution in [-0.4, -0.2) is 53.2 Å². The van der Waals surface area contributed by atoms with E-state index in [1.165, 1.54) is 0 Å². The van der Waals surface area contributed by atoms with Gasteiger partial charge in [-0.2, -0.15) is 0 Å². The van der Waals surface area contributed by atoms with Gasteiger partial charge in [0, 0.05) is 25.8 Å². The fourth-order valence-electron chi connectivity index (χ4n) is 2.05. The van der Waals surface area contributed by atoms with E-state index < -0.39 is 0 Å². The Kier molecular flexibility index (Phi) is 5.35. The molecule has 1 amide bonds. The second-order valence-corrected chi connectivity index (χ2v) is 4.71. The van der Waals surface area contributed by atoms with Crippen LogP contribution in [0.4, 0.5) is 0 Å². The standard InChI is InChI=1S/C13H22N4O2/c1-2-3-14-8-12-9-16(11-15-12)10-13(18)17-4-6-19-7-5-17/h9,11,14H,2-8,10H2,1H3. The Morgan fingerprint density at radius 3 is 3.00 bits per heavy atom. The maximum atomic E-state index is 12.0. The molecule has 1 fully saturated rings. The number of rotatable bonds is 6. The van der Waals surface area contributed by atoms with E-state index >= 15 is 0 Å². The summed E-state index contributed by atoms with van der Waals surface area (Å²) in [5.41, 5.74) is 0.975. The summed E-state index contributed by atoms with van der Waals surface area (Å²) in [6, 6.07) is 0. The van der Waals surface area contributed by atoms with Gasteiger partial charge in [0.25, 0.3) is 0 Å². The number of hydrogen-bond donors (Lipinski definition) is 1. The van der Waals surface area contributed by atoms with Gasteiger partial charge < -0.3 is 19.5 Å². The molecule has 0 spiro atoms. The zero-order valence-electron chi connectivity index (χ0n) is 11.5. The van der Waals surface area contributed by atoms with Gasteiger partial charge in [-0.05, 0) is 13.0 Å². The molecular weight excluding hydrogens is 244 g/mol. The number of ether oxygens (including phenoxy) is 1. The van der Waals surface area contributed by atoms with Crippen LogP contribution in [0.3, 0.4) is 0 Å². The van der Waals surface area contributed by atoms with Crippen LogP contribution >= 0.6 is 0 Å². The molecule has 0 aliphatic carbocycles. The fourth-order valence-corrected chi connectivity index (χ4v) is 2.05. The van der Waals surface area contributed by atoms with E-state index in [0.29, 0.717) is 32.8 Å². The van der Waals surface area contributed by atoms with Crippen LogP contribution in [0.5, 0.6) is 0 Å². The third-order valence-corrected chi connectivity index (χ3v) is 3.10. The first-order chi connectivity index (χ1) is 9.29. The number of amides is 1. The third-order valence-electron chi connectivity index (χ3n) is 3.10. The van der Waals surface area contributed by atoms with Gasteiger partial charge >= 0.3 is 0 Å². The van der Waals surface area contributed by atoms with Crippen LogP contribution in [0.15, 0.2) is 12.5 Å². The van der Waals surface area contributed by atoms with Gasteiger partial charge in [-0.25, -0.2) is 4.98 Å². The topological polar surface area (TPSA) is 59.4 Å². The Hall–Kier alpha value is -1.40. The van der Waals surface area contributed by atoms with Gasteiger partial charge in [0.1, 0.15) is 6.54 Å². The Morgan fingerprint density at radius 2 is 2.26 bits per heavy atom. The summed E-state index contributed by atoms with van der Waals surface area (Å²) in [5.74, 6) is 0.133. The minimum Gasteiger partial charge on any atom is -0.378 e. The van der Waals surface area contributed by atoms with Crippen LogP contribution in [0, 0.1) is 0 Å². The molecule has 6 heteroatoms. The number of hydrogen-bond acceptors (Lipinski definition) is 4. The van der Waals surface area contributed by atoms with Crippen molar-refractivity contribution < 1.29 is 9.53 Å². The molecule has 19 heavy (non-hydrogen) atoms. The molecular formula is C13H22N4O2. The Labute approximate surface area is 113 Å². The number of imidazole rings is 1. The maximum absolute atomic E-state index is 12.0. The summed E-state index contributed by atoms with van der Waals surface area (Å²) in [6.45, 7) is 6.90. The summed E-state index contributed by atoms with van der Waals surface area (Å²) in [5, 5.41) is 3.29. The second-order valence-electron chi connectivity index (χ2n) is 4.71. The average molecular weight is 266 g/mol. The third kappa shape index (κ3) is 4.33. The van der Waals surface area contributed by atoms with E-state index in [0.717, 1.165) is 25.2 Å². The molecule has 0 unspecified atom stereocenters. The summed E-state index contributed by atoms with van der Waals surface area (Å²) in [4.78, 5) is 18.2. The number of carbonyl (C=O) groups is 1. The molecule has 0 saturated carbocycles. The molecule has 1 aromatic rings. The van der Waals surface area contributed by atoms with E-state index in [1.807, 2.05) is 15.7 Å². The lowest BCUT2D eigenvalue weighted by Crippen LogP contribution is -2.42. The molecule has 0 aromatic carbocycles. The first kappa shape index (κ1) is 14.0. The van der Waals surface area contributed by atoms with Crippen LogP contribution < -0.4 is 5.32 Å². The zero-order chi connectivity index (χ0) is 13.5. The van der Waals surface area contributed by atoms with Crippen molar-refractivity contribution in [2.45, 2.75) is 26.4 Å². The summed E-state index contributed by atoms with van der Waals surface area (Å²) in [7, 11) is 0. The lowest BCUT2D eigenvalue weighted by molar-refractivity contribution is -0.135. The minimum atomic E-state index is 0.133. The number of aromatic nitrogens is 2. The van der Waals surface area contributed by atoms with Crippen LogP contribution in [-0.2, 0) is 22.6 Å². The SMILES string of the molecule is CCCNCc1cn(CC(=O)N2CCOCC2)cn1. The molecule has 1 saturated heterocycles. The van der Waals surface area contributed by atoms with Gasteiger partial charge in [-0.15, -0.1) is 0 Å². The molecule has 0 radical (unpaired) electrons. The minimum absolute atomic E-state index is 0.133. The van der Waals surface area contributed by atoms with Gasteiger partial charge in [-0.3, -0.25) is 4.79 Å². The monoisotopic (exact) mass is 266 g/mol. The van der Waals surface area contributed by atoms with E-state index in [4.69, 9.17) is 4.74 Å². The Morgan fingerprint density at radius 1 is 1.47 bits per heavy atom. The molecule has 2 heterocycles. The van der Waals surface area contributed by atoms with E-state index in [2.05, 4.69) is 17.2 Å². The summed E-state index contributed by atoms with van der Waals surface area (Å²) >= 11 is 0. The predicted octanol–water partition coefficient (Wildman–Crippen LogP) is 0.242. The van der Waals surface area contributed by atoms with Gasteiger partial charge in [0.05, 0.1) is 25.2 Å². The summed E-state index contributed by atoms with van der Waals surface area (Å²) < 4.78 is 7.09. The van der Waals surface area contributed by atoms with Crippen molar-refractivity contribution in [2.24, 2.45) is 0 Å². The van der Waals surface area contributed by atoms with Crippen molar-refractivity contribution in [1.82, 2.24) is 19.8 Å². The molecule has 106 valence electrons. The highest BCUT2D eigenvalue weighted by molar-refractivity contribution is 5.76. The van der Waals surface area contributed by atoms with Crippen molar-refractivity contribution in [3.63, 3.8) is 0 Å². The lowest BCUT2D eigenvalue weighted by atomic mass is 10.4. The van der Waals surface area contributed by atoms with Crippen molar-refractivity contribution >= 4 is 5.91 Å². The quantitative estimate of drug-likeness (QED) is 0.749. The molecule has 1 aliphatic rings. The van der Waals surface area contributed by atoms with Crippen LogP contribution in [0.1, 0.15) is 19.0 Å². The van der Waals surface area contributed by atoms with Gasteiger partial charge in [0.2, 0.25) is 5.91 Å². The first-order valence-electron chi connectivity index (χ1n) is 6.86. The lowest BCUT2D eigenvalue weighted by Gasteiger charge is -2.26. The highest BCUT2D eigenvalue weighted by atomic mass is 16.5. The number of carbonyl (C=O) groups excluding carboxylic acids is 1. The van der Waals surface area contributed by atoms with E-state index in [9.17, 15) is 4.79 Å². The highest BCUT2D eigenvalue weighted by Gasteiger charge is 2.16. The molecule has 6 nitrogen and oxygen atoms in total. The van der Waals surface area contributed by atoms with Crippen molar-refractivity contribution in [3.8, 4) is 0 Å². The molecule has 0 bridgehead atoms. The maximum Gasteiger partial charge on any atom is 0.242 e. The van der Waals surface area contributed by atoms with Crippen molar-refractivity contribution in [2.75, 3.05) is 32.8 Å². The first-order valence-corrected chi connectivity index (χ1v) is 6.86. The molecule has 1 aliphatic heterocycles. The highest BCUT2D eigenvalue weighted by Crippen LogP contribution is 2.01. The largest absolute Gasteiger partial charge is 0.378 e. The second kappa shape index (κ2) is 7.25. The Balaban J connectivity index is 1.80. The predicted molar refractivity (Wildman–Crippen MR) is 71.6 cm³/mol. The fraction of sp³-hybridized carbons (Fsp3) is 0.692. The molecule has 1 aromatic heterocycles. The normalized spacial score (nSPS) is 15.7. The summed E-state index contributed by atoms with van der Waals surface area (Å²) in [6.07, 6.45) is 4.76. The zero-order valence-corrected chi connectivity index (χ0v) is 11.5. The average Bonchev–Trinajstić information content (AvgIpc) is 2.88. The van der Waals surface area contributed by atoms with E-state index in [1.54, 1.807) is 6.33 Å². The van der Waals surface area contributed by atoms with Crippen molar-refractivity contribution in [1.29, 1.82) is 0 Å². The van der Waals surface area contributed by atoms with Crippen molar-refractivity contribution in [3.05, 3.63) is 18.2 Å². The molecule has 0 atom stereocenters. The van der Waals surface area contributed by atoms with Crippen LogP contribution in [0.2, 0.25) is 0 Å². The molecule has 1 N–H and O–H groups in total. The number of morpholine rings is 1. The number of nitrogens with zero attached hydrogens (tertiary/aromatic N) is 3. The van der Waals surface area contributed by atoms with Gasteiger partial charge in [0.15, 0.2) is 0 Å². The van der Waals surface area contributed by atoms with E-state index in [-0.39, 0.29) is 5.91 Å². The Bertz CT molecular complexity index is 399. The van der Waals surface area contributed by atoms with Crippen LogP contribution in [0.25, 0.3) is 0 Å². The smallest absolute Gasteiger partial charge is 0.242 e. The molecule has 2 rings (SSSR count).